The average molecular weight is 279 g/mol. The lowest BCUT2D eigenvalue weighted by atomic mass is 9.79. The van der Waals surface area contributed by atoms with Crippen LogP contribution in [-0.2, 0) is 10.8 Å². The number of carbonyl (C=O) groups is 1. The van der Waals surface area contributed by atoms with Gasteiger partial charge in [0, 0.05) is 16.8 Å². The van der Waals surface area contributed by atoms with E-state index in [2.05, 4.69) is 5.32 Å². The number of amides is 2. The van der Waals surface area contributed by atoms with Gasteiger partial charge in [-0.15, -0.1) is 0 Å². The predicted molar refractivity (Wildman–Crippen MR) is 81.8 cm³/mol. The molecule has 0 bridgehead atoms. The highest BCUT2D eigenvalue weighted by molar-refractivity contribution is 5.89. The van der Waals surface area contributed by atoms with Crippen molar-refractivity contribution in [3.8, 4) is 5.75 Å². The molecule has 0 unspecified atom stereocenters. The van der Waals surface area contributed by atoms with Crippen molar-refractivity contribution in [2.24, 2.45) is 5.84 Å². The molecule has 2 amide bonds. The Bertz CT molecular complexity index is 476. The minimum atomic E-state index is -0.490. The van der Waals surface area contributed by atoms with Crippen molar-refractivity contribution in [2.75, 3.05) is 5.32 Å². The third kappa shape index (κ3) is 3.63. The van der Waals surface area contributed by atoms with Gasteiger partial charge in [0.1, 0.15) is 5.75 Å². The Hall–Kier alpha value is -1.75. The maximum Gasteiger partial charge on any atom is 0.333 e. The molecule has 1 rings (SSSR count). The van der Waals surface area contributed by atoms with Gasteiger partial charge in [0.25, 0.3) is 0 Å². The predicted octanol–water partition coefficient (Wildman–Crippen LogP) is 2.98. The fourth-order valence-corrected chi connectivity index (χ4v) is 2.02. The second-order valence-electron chi connectivity index (χ2n) is 7.02. The topological polar surface area (TPSA) is 87.4 Å². The van der Waals surface area contributed by atoms with Gasteiger partial charge >= 0.3 is 6.03 Å². The molecule has 0 aromatic heterocycles. The van der Waals surface area contributed by atoms with Gasteiger partial charge in [-0.25, -0.2) is 10.6 Å². The summed E-state index contributed by atoms with van der Waals surface area (Å²) < 4.78 is 0. The number of aromatic hydroxyl groups is 1. The summed E-state index contributed by atoms with van der Waals surface area (Å²) in [5.41, 5.74) is 3.75. The third-order valence-electron chi connectivity index (χ3n) is 3.11. The Morgan fingerprint density at radius 3 is 1.75 bits per heavy atom. The quantitative estimate of drug-likeness (QED) is 0.276. The molecule has 0 atom stereocenters. The fraction of sp³-hybridized carbons (Fsp3) is 0.533. The summed E-state index contributed by atoms with van der Waals surface area (Å²) in [4.78, 5) is 11.4. The first kappa shape index (κ1) is 16.3. The van der Waals surface area contributed by atoms with E-state index in [1.54, 1.807) is 12.1 Å². The van der Waals surface area contributed by atoms with Gasteiger partial charge in [-0.2, -0.15) is 0 Å². The van der Waals surface area contributed by atoms with E-state index in [1.807, 2.05) is 47.0 Å². The van der Waals surface area contributed by atoms with Crippen molar-refractivity contribution in [1.82, 2.24) is 5.43 Å². The molecule has 5 nitrogen and oxygen atoms in total. The second-order valence-corrected chi connectivity index (χ2v) is 7.02. The SMILES string of the molecule is CC(C)(C)c1cc(NC(=O)NN)cc(C(C)(C)C)c1O. The minimum Gasteiger partial charge on any atom is -0.507 e. The van der Waals surface area contributed by atoms with Crippen molar-refractivity contribution in [3.05, 3.63) is 23.3 Å². The summed E-state index contributed by atoms with van der Waals surface area (Å²) >= 11 is 0. The van der Waals surface area contributed by atoms with E-state index in [4.69, 9.17) is 5.84 Å². The third-order valence-corrected chi connectivity index (χ3v) is 3.11. The summed E-state index contributed by atoms with van der Waals surface area (Å²) in [5.74, 6) is 5.37. The molecule has 20 heavy (non-hydrogen) atoms. The minimum absolute atomic E-state index is 0.235. The zero-order chi connectivity index (χ0) is 15.7. The zero-order valence-electron chi connectivity index (χ0n) is 13.1. The number of hydrogen-bond donors (Lipinski definition) is 4. The Morgan fingerprint density at radius 1 is 1.05 bits per heavy atom. The average Bonchev–Trinajstić information content (AvgIpc) is 2.28. The summed E-state index contributed by atoms with van der Waals surface area (Å²) in [6.07, 6.45) is 0. The first-order valence-corrected chi connectivity index (χ1v) is 6.62. The number of carbonyl (C=O) groups excluding carboxylic acids is 1. The Labute approximate surface area is 120 Å². The molecule has 5 heteroatoms. The molecule has 0 heterocycles. The highest BCUT2D eigenvalue weighted by Crippen LogP contribution is 2.40. The molecule has 0 saturated carbocycles. The van der Waals surface area contributed by atoms with Gasteiger partial charge in [0.05, 0.1) is 0 Å². The summed E-state index contributed by atoms with van der Waals surface area (Å²) in [6, 6.07) is 3.06. The van der Waals surface area contributed by atoms with Crippen LogP contribution in [0.25, 0.3) is 0 Å². The number of phenolic OH excluding ortho intramolecular Hbond substituents is 1. The number of nitrogens with two attached hydrogens (primary N) is 1. The van der Waals surface area contributed by atoms with E-state index in [9.17, 15) is 9.90 Å². The van der Waals surface area contributed by atoms with Crippen molar-refractivity contribution in [1.29, 1.82) is 0 Å². The lowest BCUT2D eigenvalue weighted by Crippen LogP contribution is -2.34. The van der Waals surface area contributed by atoms with Crippen LogP contribution in [0.15, 0.2) is 12.1 Å². The Kier molecular flexibility index (Phi) is 4.34. The van der Waals surface area contributed by atoms with Crippen molar-refractivity contribution in [3.63, 3.8) is 0 Å². The van der Waals surface area contributed by atoms with Gasteiger partial charge < -0.3 is 10.4 Å². The van der Waals surface area contributed by atoms with Gasteiger partial charge in [-0.3, -0.25) is 5.43 Å². The molecule has 0 spiro atoms. The van der Waals surface area contributed by atoms with Crippen LogP contribution in [-0.4, -0.2) is 11.1 Å². The van der Waals surface area contributed by atoms with Crippen LogP contribution in [0.1, 0.15) is 52.7 Å². The zero-order valence-corrected chi connectivity index (χ0v) is 13.1. The normalized spacial score (nSPS) is 12.2. The Balaban J connectivity index is 3.46. The highest BCUT2D eigenvalue weighted by Gasteiger charge is 2.26. The van der Waals surface area contributed by atoms with Crippen LogP contribution < -0.4 is 16.6 Å². The van der Waals surface area contributed by atoms with E-state index < -0.39 is 6.03 Å². The molecule has 1 aromatic rings. The molecule has 0 radical (unpaired) electrons. The summed E-state index contributed by atoms with van der Waals surface area (Å²) in [6.45, 7) is 12.1. The number of rotatable bonds is 1. The number of phenols is 1. The molecule has 5 N–H and O–H groups in total. The van der Waals surface area contributed by atoms with Crippen molar-refractivity contribution < 1.29 is 9.90 Å². The van der Waals surface area contributed by atoms with Crippen LogP contribution in [0.5, 0.6) is 5.75 Å². The standard InChI is InChI=1S/C15H25N3O2/c1-14(2,3)10-7-9(17-13(20)18-16)8-11(12(10)19)15(4,5)6/h7-8,19H,16H2,1-6H3,(H2,17,18,20). The van der Waals surface area contributed by atoms with E-state index >= 15 is 0 Å². The maximum atomic E-state index is 11.4. The van der Waals surface area contributed by atoms with E-state index in [0.717, 1.165) is 11.1 Å². The number of nitrogens with one attached hydrogen (secondary N) is 2. The smallest absolute Gasteiger partial charge is 0.333 e. The lowest BCUT2D eigenvalue weighted by molar-refractivity contribution is 0.252. The molecule has 112 valence electrons. The summed E-state index contributed by atoms with van der Waals surface area (Å²) in [5, 5.41) is 13.2. The molecule has 0 aliphatic heterocycles. The number of anilines is 1. The molecule has 0 aliphatic carbocycles. The monoisotopic (exact) mass is 279 g/mol. The van der Waals surface area contributed by atoms with Gasteiger partial charge in [-0.1, -0.05) is 41.5 Å². The second kappa shape index (κ2) is 5.32. The number of benzene rings is 1. The van der Waals surface area contributed by atoms with Crippen molar-refractivity contribution >= 4 is 11.7 Å². The van der Waals surface area contributed by atoms with Crippen molar-refractivity contribution in [2.45, 2.75) is 52.4 Å². The molecular weight excluding hydrogens is 254 g/mol. The summed E-state index contributed by atoms with van der Waals surface area (Å²) in [7, 11) is 0. The lowest BCUT2D eigenvalue weighted by Gasteiger charge is -2.28. The van der Waals surface area contributed by atoms with Gasteiger partial charge in [0.2, 0.25) is 0 Å². The van der Waals surface area contributed by atoms with Gasteiger partial charge in [0.15, 0.2) is 0 Å². The fourth-order valence-electron chi connectivity index (χ4n) is 2.02. The van der Waals surface area contributed by atoms with Crippen LogP contribution >= 0.6 is 0 Å². The van der Waals surface area contributed by atoms with Gasteiger partial charge in [-0.05, 0) is 23.0 Å². The van der Waals surface area contributed by atoms with Crippen LogP contribution in [0, 0.1) is 0 Å². The largest absolute Gasteiger partial charge is 0.507 e. The first-order chi connectivity index (χ1) is 8.96. The molecule has 0 aliphatic rings. The maximum absolute atomic E-state index is 11.4. The van der Waals surface area contributed by atoms with E-state index in [0.29, 0.717) is 5.69 Å². The first-order valence-electron chi connectivity index (χ1n) is 6.62. The van der Waals surface area contributed by atoms with Crippen LogP contribution in [0.4, 0.5) is 10.5 Å². The number of urea groups is 1. The molecule has 1 aromatic carbocycles. The molecule has 0 fully saturated rings. The number of hydrazine groups is 1. The number of hydrogen-bond acceptors (Lipinski definition) is 3. The van der Waals surface area contributed by atoms with Crippen LogP contribution in [0.2, 0.25) is 0 Å². The Morgan fingerprint density at radius 2 is 1.45 bits per heavy atom. The highest BCUT2D eigenvalue weighted by atomic mass is 16.3. The van der Waals surface area contributed by atoms with E-state index in [-0.39, 0.29) is 16.6 Å². The van der Waals surface area contributed by atoms with Crippen LogP contribution in [0.3, 0.4) is 0 Å². The molecular formula is C15H25N3O2. The van der Waals surface area contributed by atoms with E-state index in [1.165, 1.54) is 0 Å². The molecule has 0 saturated heterocycles.